The van der Waals surface area contributed by atoms with E-state index in [9.17, 15) is 34.5 Å². The number of fused-ring (bicyclic) bond motifs is 5. The number of ether oxygens (including phenoxy) is 4. The van der Waals surface area contributed by atoms with Crippen molar-refractivity contribution in [1.29, 1.82) is 0 Å². The second kappa shape index (κ2) is 9.34. The van der Waals surface area contributed by atoms with Gasteiger partial charge in [0.15, 0.2) is 5.60 Å². The largest absolute Gasteiger partial charge is 0.508 e. The molecule has 3 aliphatic carbocycles. The number of methoxy groups -OCH3 is 1. The first-order valence-electron chi connectivity index (χ1n) is 13.5. The Morgan fingerprint density at radius 1 is 1.07 bits per heavy atom. The number of hydrogen-bond acceptors (Lipinski definition) is 11. The quantitative estimate of drug-likeness (QED) is 0.362. The van der Waals surface area contributed by atoms with Crippen LogP contribution in [0.5, 0.6) is 0 Å². The summed E-state index contributed by atoms with van der Waals surface area (Å²) in [5.41, 5.74) is -7.03. The maximum atomic E-state index is 14.3. The Morgan fingerprint density at radius 2 is 1.73 bits per heavy atom. The van der Waals surface area contributed by atoms with Crippen LogP contribution < -0.4 is 0 Å². The summed E-state index contributed by atoms with van der Waals surface area (Å²) in [6, 6.07) is 8.00. The standard InChI is InChI=1S/C29H36O11/c1-14-16(30)12-29(36)23(39-24(34)15-9-7-6-8-10-15)21-27(4,22(33)20(32)19(14)26(29,2)3)17(31)11-18-28(21,13-38-18)40-25(35)37-5/h6-10,14,16-19,21,23,30-31,36H,11-13H2,1-5H3/t14?,16-,17-,18?,19?,21?,23-,27+,28-,29+/m0/s1. The summed E-state index contributed by atoms with van der Waals surface area (Å²) in [7, 11) is 1.10. The number of aliphatic hydroxyl groups is 3. The molecule has 218 valence electrons. The molecule has 2 bridgehead atoms. The van der Waals surface area contributed by atoms with E-state index in [1.165, 1.54) is 19.1 Å². The van der Waals surface area contributed by atoms with E-state index in [4.69, 9.17) is 18.9 Å². The Hall–Kier alpha value is -2.86. The summed E-state index contributed by atoms with van der Waals surface area (Å²) in [6.45, 7) is 5.93. The summed E-state index contributed by atoms with van der Waals surface area (Å²) < 4.78 is 22.4. The Bertz CT molecular complexity index is 1230. The van der Waals surface area contributed by atoms with Crippen molar-refractivity contribution >= 4 is 23.7 Å². The van der Waals surface area contributed by atoms with Crippen molar-refractivity contribution in [3.8, 4) is 0 Å². The van der Waals surface area contributed by atoms with Gasteiger partial charge in [0.05, 0.1) is 42.8 Å². The molecule has 1 aromatic carbocycles. The van der Waals surface area contributed by atoms with Crippen LogP contribution in [0.3, 0.4) is 0 Å². The van der Waals surface area contributed by atoms with Crippen molar-refractivity contribution in [2.45, 2.75) is 76.2 Å². The molecule has 0 spiro atoms. The van der Waals surface area contributed by atoms with Gasteiger partial charge in [0.2, 0.25) is 11.6 Å². The van der Waals surface area contributed by atoms with Crippen LogP contribution >= 0.6 is 0 Å². The highest BCUT2D eigenvalue weighted by Crippen LogP contribution is 2.64. The molecule has 1 aromatic rings. The molecule has 0 radical (unpaired) electrons. The third-order valence-electron chi connectivity index (χ3n) is 10.4. The Morgan fingerprint density at radius 3 is 2.30 bits per heavy atom. The van der Waals surface area contributed by atoms with Crippen molar-refractivity contribution in [3.05, 3.63) is 35.9 Å². The van der Waals surface area contributed by atoms with Crippen molar-refractivity contribution in [2.24, 2.45) is 28.6 Å². The number of carbonyl (C=O) groups excluding carboxylic acids is 4. The smallest absolute Gasteiger partial charge is 0.455 e. The molecular formula is C29H36O11. The second-order valence-corrected chi connectivity index (χ2v) is 12.5. The van der Waals surface area contributed by atoms with Crippen molar-refractivity contribution in [3.63, 3.8) is 0 Å². The Kier molecular flexibility index (Phi) is 6.69. The molecule has 3 saturated carbocycles. The molecule has 0 amide bonds. The van der Waals surface area contributed by atoms with Gasteiger partial charge in [0, 0.05) is 24.2 Å². The van der Waals surface area contributed by atoms with E-state index in [1.54, 1.807) is 39.0 Å². The molecule has 4 unspecified atom stereocenters. The number of aliphatic hydroxyl groups excluding tert-OH is 2. The van der Waals surface area contributed by atoms with Gasteiger partial charge in [0.25, 0.3) is 0 Å². The normalized spacial score (nSPS) is 43.6. The predicted molar refractivity (Wildman–Crippen MR) is 136 cm³/mol. The van der Waals surface area contributed by atoms with Crippen LogP contribution in [0.1, 0.15) is 50.9 Å². The maximum absolute atomic E-state index is 14.3. The molecule has 10 atom stereocenters. The third kappa shape index (κ3) is 3.64. The number of carbonyl (C=O) groups is 4. The van der Waals surface area contributed by atoms with Crippen LogP contribution in [0, 0.1) is 28.6 Å². The minimum Gasteiger partial charge on any atom is -0.455 e. The number of rotatable bonds is 3. The van der Waals surface area contributed by atoms with Crippen molar-refractivity contribution in [2.75, 3.05) is 13.7 Å². The lowest BCUT2D eigenvalue weighted by molar-refractivity contribution is -0.348. The lowest BCUT2D eigenvalue weighted by Gasteiger charge is -2.67. The highest BCUT2D eigenvalue weighted by Gasteiger charge is 2.79. The fourth-order valence-electron chi connectivity index (χ4n) is 7.88. The van der Waals surface area contributed by atoms with Gasteiger partial charge in [-0.25, -0.2) is 9.59 Å². The van der Waals surface area contributed by atoms with Crippen LogP contribution in [0.4, 0.5) is 4.79 Å². The molecule has 4 aliphatic rings. The summed E-state index contributed by atoms with van der Waals surface area (Å²) >= 11 is 0. The fourth-order valence-corrected chi connectivity index (χ4v) is 7.88. The highest BCUT2D eigenvalue weighted by atomic mass is 16.8. The van der Waals surface area contributed by atoms with Crippen LogP contribution in [0.25, 0.3) is 0 Å². The first kappa shape index (κ1) is 28.7. The summed E-state index contributed by atoms with van der Waals surface area (Å²) in [5.74, 6) is -5.99. The molecule has 11 heteroatoms. The molecule has 40 heavy (non-hydrogen) atoms. The van der Waals surface area contributed by atoms with E-state index in [1.807, 2.05) is 0 Å². The molecule has 3 N–H and O–H groups in total. The molecule has 1 aliphatic heterocycles. The van der Waals surface area contributed by atoms with Gasteiger partial charge in [-0.15, -0.1) is 0 Å². The first-order valence-corrected chi connectivity index (χ1v) is 13.5. The third-order valence-corrected chi connectivity index (χ3v) is 10.4. The van der Waals surface area contributed by atoms with Crippen LogP contribution in [0.2, 0.25) is 0 Å². The second-order valence-electron chi connectivity index (χ2n) is 12.5. The SMILES string of the molecule is COC(=O)O[C@@]12COC1C[C@H](O)[C@@]1(C)C(=O)C(=O)C3C(C)[C@@H](O)C[C@@](O)([C@@H](OC(=O)c4ccccc4)C21)C3(C)C. The van der Waals surface area contributed by atoms with Gasteiger partial charge in [0.1, 0.15) is 17.8 Å². The summed E-state index contributed by atoms with van der Waals surface area (Å²) in [4.78, 5) is 54.4. The number of benzene rings is 1. The van der Waals surface area contributed by atoms with E-state index >= 15 is 0 Å². The average Bonchev–Trinajstić information content (AvgIpc) is 2.91. The van der Waals surface area contributed by atoms with E-state index in [0.717, 1.165) is 7.11 Å². The van der Waals surface area contributed by atoms with E-state index in [-0.39, 0.29) is 25.0 Å². The molecule has 1 heterocycles. The average molecular weight is 561 g/mol. The molecule has 0 aromatic heterocycles. The zero-order chi connectivity index (χ0) is 29.4. The number of esters is 1. The van der Waals surface area contributed by atoms with Gasteiger partial charge < -0.3 is 34.3 Å². The lowest BCUT2D eigenvalue weighted by atomic mass is 9.42. The minimum atomic E-state index is -2.11. The summed E-state index contributed by atoms with van der Waals surface area (Å²) in [6.07, 6.45) is -6.87. The van der Waals surface area contributed by atoms with E-state index in [2.05, 4.69) is 0 Å². The summed E-state index contributed by atoms with van der Waals surface area (Å²) in [5, 5.41) is 35.2. The maximum Gasteiger partial charge on any atom is 0.508 e. The number of Topliss-reactive ketones (excluding diaryl/α,β-unsaturated/α-hetero) is 2. The zero-order valence-corrected chi connectivity index (χ0v) is 23.2. The van der Waals surface area contributed by atoms with Crippen LogP contribution in [0.15, 0.2) is 30.3 Å². The minimum absolute atomic E-state index is 0.150. The number of ketones is 2. The van der Waals surface area contributed by atoms with Gasteiger partial charge in [-0.2, -0.15) is 0 Å². The Balaban J connectivity index is 1.79. The predicted octanol–water partition coefficient (Wildman–Crippen LogP) is 1.45. The zero-order valence-electron chi connectivity index (χ0n) is 23.2. The van der Waals surface area contributed by atoms with E-state index in [0.29, 0.717) is 0 Å². The molecule has 4 fully saturated rings. The Labute approximate surface area is 231 Å². The van der Waals surface area contributed by atoms with Crippen molar-refractivity contribution < 1.29 is 53.4 Å². The molecule has 5 rings (SSSR count). The molecule has 11 nitrogen and oxygen atoms in total. The number of hydrogen-bond donors (Lipinski definition) is 3. The fraction of sp³-hybridized carbons (Fsp3) is 0.655. The lowest BCUT2D eigenvalue weighted by Crippen LogP contribution is -2.82. The highest BCUT2D eigenvalue weighted by molar-refractivity contribution is 6.40. The van der Waals surface area contributed by atoms with Gasteiger partial charge in [-0.1, -0.05) is 39.0 Å². The van der Waals surface area contributed by atoms with Gasteiger partial charge in [-0.3, -0.25) is 9.59 Å². The van der Waals surface area contributed by atoms with E-state index < -0.39 is 87.9 Å². The molecule has 1 saturated heterocycles. The van der Waals surface area contributed by atoms with Crippen LogP contribution in [-0.2, 0) is 28.5 Å². The molecular weight excluding hydrogens is 524 g/mol. The van der Waals surface area contributed by atoms with Gasteiger partial charge in [-0.05, 0) is 25.0 Å². The van der Waals surface area contributed by atoms with Crippen molar-refractivity contribution in [1.82, 2.24) is 0 Å². The van der Waals surface area contributed by atoms with Gasteiger partial charge >= 0.3 is 12.1 Å². The topological polar surface area (TPSA) is 166 Å². The van der Waals surface area contributed by atoms with Crippen LogP contribution in [-0.4, -0.2) is 88.3 Å². The monoisotopic (exact) mass is 560 g/mol. The first-order chi connectivity index (χ1) is 18.7.